The molecule has 0 aliphatic rings. The Kier molecular flexibility index (Phi) is 10.7. The van der Waals surface area contributed by atoms with Crippen LogP contribution in [0.5, 0.6) is 0 Å². The standard InChI is InChI=1S/C27H21FNS.C14H16NSi.Ir/c1-16(2)24-14-25(29-15-17(24)3)23-6-4-5-22-21-12-9-19(13-26(21)30-27(22)23)18-7-10-20(28)11-8-18;1-16(2,3)13-9-10-14(15-11-13)12-7-5-4-6-8-12;/h4-5,7-16H,1-3H3;4-7,9-11H,1-3H3;/q2*-1;. The van der Waals surface area contributed by atoms with Crippen LogP contribution in [0.3, 0.4) is 0 Å². The maximum atomic E-state index is 13.3. The van der Waals surface area contributed by atoms with Crippen LogP contribution in [0.15, 0.2) is 109 Å². The zero-order chi connectivity index (χ0) is 32.4. The van der Waals surface area contributed by atoms with Crippen LogP contribution in [0, 0.1) is 24.9 Å². The maximum absolute atomic E-state index is 13.3. The molecule has 0 aliphatic carbocycles. The minimum Gasteiger partial charge on any atom is -0.305 e. The number of hydrogen-bond acceptors (Lipinski definition) is 3. The van der Waals surface area contributed by atoms with Gasteiger partial charge in [0.1, 0.15) is 5.82 Å². The van der Waals surface area contributed by atoms with Gasteiger partial charge < -0.3 is 9.97 Å². The third-order valence-corrected chi connectivity index (χ3v) is 11.5. The van der Waals surface area contributed by atoms with E-state index in [0.29, 0.717) is 5.92 Å². The van der Waals surface area contributed by atoms with Gasteiger partial charge in [-0.2, -0.15) is 11.3 Å². The van der Waals surface area contributed by atoms with Gasteiger partial charge in [-0.25, -0.2) is 4.39 Å². The van der Waals surface area contributed by atoms with E-state index < -0.39 is 8.07 Å². The molecule has 0 unspecified atom stereocenters. The molecule has 0 N–H and O–H groups in total. The number of aromatic nitrogens is 2. The van der Waals surface area contributed by atoms with Crippen molar-refractivity contribution in [3.63, 3.8) is 0 Å². The number of hydrogen-bond donors (Lipinski definition) is 0. The molecule has 0 spiro atoms. The number of thiophene rings is 1. The maximum Gasteiger partial charge on any atom is 0.123 e. The first-order valence-corrected chi connectivity index (χ1v) is 19.9. The van der Waals surface area contributed by atoms with Crippen molar-refractivity contribution >= 4 is 44.8 Å². The summed E-state index contributed by atoms with van der Waals surface area (Å²) in [5.74, 6) is 0.236. The third kappa shape index (κ3) is 7.68. The molecule has 4 aromatic carbocycles. The summed E-state index contributed by atoms with van der Waals surface area (Å²) >= 11 is 1.77. The number of pyridine rings is 2. The first-order chi connectivity index (χ1) is 22.1. The van der Waals surface area contributed by atoms with Crippen molar-refractivity contribution in [3.05, 3.63) is 139 Å². The zero-order valence-electron chi connectivity index (χ0n) is 27.5. The number of halogens is 1. The molecule has 0 saturated carbocycles. The summed E-state index contributed by atoms with van der Waals surface area (Å²) in [6.45, 7) is 13.5. The number of fused-ring (bicyclic) bond motifs is 3. The van der Waals surface area contributed by atoms with Gasteiger partial charge in [0.15, 0.2) is 0 Å². The minimum atomic E-state index is -1.23. The second kappa shape index (κ2) is 14.5. The molecule has 0 aliphatic heterocycles. The molecule has 0 amide bonds. The summed E-state index contributed by atoms with van der Waals surface area (Å²) in [6.07, 6.45) is 3.99. The van der Waals surface area contributed by atoms with Crippen LogP contribution in [0.2, 0.25) is 19.6 Å². The van der Waals surface area contributed by atoms with Gasteiger partial charge in [-0.05, 0) is 80.0 Å². The van der Waals surface area contributed by atoms with Crippen LogP contribution >= 0.6 is 11.3 Å². The van der Waals surface area contributed by atoms with Gasteiger partial charge >= 0.3 is 0 Å². The Morgan fingerprint density at radius 2 is 1.49 bits per heavy atom. The zero-order valence-corrected chi connectivity index (χ0v) is 31.7. The SMILES string of the molecule is C[Si](C)(C)c1ccc(-c2[c-]cccc2)nc1.Cc1cnc(-c2[c-]ccc3c2sc2cc(-c4ccc(F)cc4)ccc23)cc1C(C)C.[Ir]. The minimum absolute atomic E-state index is 0. The normalized spacial score (nSPS) is 11.3. The smallest absolute Gasteiger partial charge is 0.123 e. The van der Waals surface area contributed by atoms with Gasteiger partial charge in [0.2, 0.25) is 0 Å². The topological polar surface area (TPSA) is 25.8 Å². The van der Waals surface area contributed by atoms with Crippen molar-refractivity contribution in [2.24, 2.45) is 0 Å². The molecule has 0 bridgehead atoms. The van der Waals surface area contributed by atoms with E-state index in [4.69, 9.17) is 4.98 Å². The molecule has 7 aromatic rings. The summed E-state index contributed by atoms with van der Waals surface area (Å²) in [5, 5.41) is 3.85. The third-order valence-electron chi connectivity index (χ3n) is 8.25. The van der Waals surface area contributed by atoms with Crippen molar-refractivity contribution in [2.75, 3.05) is 0 Å². The van der Waals surface area contributed by atoms with Gasteiger partial charge in [0.05, 0.1) is 8.07 Å². The Labute approximate surface area is 296 Å². The summed E-state index contributed by atoms with van der Waals surface area (Å²) in [5.41, 5.74) is 8.75. The molecule has 47 heavy (non-hydrogen) atoms. The largest absolute Gasteiger partial charge is 0.305 e. The van der Waals surface area contributed by atoms with Crippen LogP contribution in [0.25, 0.3) is 53.8 Å². The first-order valence-electron chi connectivity index (χ1n) is 15.6. The van der Waals surface area contributed by atoms with E-state index in [1.54, 1.807) is 11.3 Å². The van der Waals surface area contributed by atoms with Crippen LogP contribution < -0.4 is 5.19 Å². The fraction of sp³-hybridized carbons (Fsp3) is 0.171. The molecule has 3 aromatic heterocycles. The molecule has 239 valence electrons. The summed E-state index contributed by atoms with van der Waals surface area (Å²) < 4.78 is 15.7. The van der Waals surface area contributed by atoms with E-state index in [1.807, 2.05) is 54.9 Å². The first kappa shape index (κ1) is 34.5. The molecular weight excluding hydrogens is 792 g/mol. The molecular formula is C41H37FIrN2SSi-2. The Balaban J connectivity index is 0.000000217. The molecule has 1 radical (unpaired) electrons. The van der Waals surface area contributed by atoms with Crippen molar-refractivity contribution < 1.29 is 24.5 Å². The Bertz CT molecular complexity index is 2120. The molecule has 2 nitrogen and oxygen atoms in total. The van der Waals surface area contributed by atoms with Gasteiger partial charge in [-0.15, -0.1) is 59.7 Å². The Morgan fingerprint density at radius 3 is 2.15 bits per heavy atom. The average molecular weight is 829 g/mol. The fourth-order valence-corrected chi connectivity index (χ4v) is 7.88. The van der Waals surface area contributed by atoms with Gasteiger partial charge in [0, 0.05) is 37.2 Å². The fourth-order valence-electron chi connectivity index (χ4n) is 5.60. The number of rotatable bonds is 5. The van der Waals surface area contributed by atoms with Crippen LogP contribution in [0.4, 0.5) is 4.39 Å². The number of benzene rings is 4. The summed E-state index contributed by atoms with van der Waals surface area (Å²) in [6, 6.07) is 38.3. The van der Waals surface area contributed by atoms with Crippen molar-refractivity contribution in [1.82, 2.24) is 9.97 Å². The van der Waals surface area contributed by atoms with E-state index >= 15 is 0 Å². The Morgan fingerprint density at radius 1 is 0.745 bits per heavy atom. The van der Waals surface area contributed by atoms with Crippen molar-refractivity contribution in [2.45, 2.75) is 46.3 Å². The van der Waals surface area contributed by atoms with Crippen molar-refractivity contribution in [3.8, 4) is 33.6 Å². The van der Waals surface area contributed by atoms with E-state index in [-0.39, 0.29) is 25.9 Å². The van der Waals surface area contributed by atoms with E-state index in [1.165, 1.54) is 48.6 Å². The molecule has 7 rings (SSSR count). The second-order valence-corrected chi connectivity index (χ2v) is 19.1. The molecule has 3 heterocycles. The average Bonchev–Trinajstić information content (AvgIpc) is 3.44. The molecule has 6 heteroatoms. The van der Waals surface area contributed by atoms with Gasteiger partial charge in [0.25, 0.3) is 0 Å². The predicted octanol–water partition coefficient (Wildman–Crippen LogP) is 11.2. The monoisotopic (exact) mass is 829 g/mol. The Hall–Kier alpha value is -3.80. The van der Waals surface area contributed by atoms with Gasteiger partial charge in [-0.1, -0.05) is 81.3 Å². The van der Waals surface area contributed by atoms with Gasteiger partial charge in [-0.3, -0.25) is 0 Å². The van der Waals surface area contributed by atoms with E-state index in [0.717, 1.165) is 33.6 Å². The van der Waals surface area contributed by atoms with Crippen LogP contribution in [0.1, 0.15) is 30.9 Å². The quantitative estimate of drug-likeness (QED) is 0.128. The number of aryl methyl sites for hydroxylation is 1. The number of nitrogens with zero attached hydrogens (tertiary/aromatic N) is 2. The van der Waals surface area contributed by atoms with Crippen molar-refractivity contribution in [1.29, 1.82) is 0 Å². The van der Waals surface area contributed by atoms with Crippen LogP contribution in [-0.2, 0) is 20.1 Å². The summed E-state index contributed by atoms with van der Waals surface area (Å²) in [4.78, 5) is 9.24. The van der Waals surface area contributed by atoms with E-state index in [2.05, 4.69) is 100.0 Å². The molecule has 0 fully saturated rings. The molecule has 0 atom stereocenters. The predicted molar refractivity (Wildman–Crippen MR) is 197 cm³/mol. The summed E-state index contributed by atoms with van der Waals surface area (Å²) in [7, 11) is -1.23. The molecule has 0 saturated heterocycles. The second-order valence-electron chi connectivity index (χ2n) is 13.0. The van der Waals surface area contributed by atoms with Crippen LogP contribution in [-0.4, -0.2) is 18.0 Å². The van der Waals surface area contributed by atoms with E-state index in [9.17, 15) is 4.39 Å².